The highest BCUT2D eigenvalue weighted by atomic mass is 19.1. The Hall–Kier alpha value is -1.62. The molecule has 1 atom stereocenters. The number of halogens is 1. The molecule has 2 saturated heterocycles. The zero-order chi connectivity index (χ0) is 17.8. The molecular weight excluding hydrogens is 317 g/mol. The van der Waals surface area contributed by atoms with E-state index in [2.05, 4.69) is 24.1 Å². The Morgan fingerprint density at radius 1 is 1.12 bits per heavy atom. The van der Waals surface area contributed by atoms with Crippen LogP contribution in [0.15, 0.2) is 24.3 Å². The minimum atomic E-state index is -0.223. The molecule has 3 rings (SSSR count). The molecule has 0 aromatic heterocycles. The van der Waals surface area contributed by atoms with Gasteiger partial charge in [0.15, 0.2) is 0 Å². The Bertz CT molecular complexity index is 567. The van der Waals surface area contributed by atoms with E-state index in [-0.39, 0.29) is 17.8 Å². The molecule has 5 heteroatoms. The van der Waals surface area contributed by atoms with Crippen LogP contribution in [0.5, 0.6) is 0 Å². The minimum absolute atomic E-state index is 0.180. The lowest BCUT2D eigenvalue weighted by molar-refractivity contribution is -0.138. The smallest absolute Gasteiger partial charge is 0.225 e. The third-order valence-electron chi connectivity index (χ3n) is 5.56. The van der Waals surface area contributed by atoms with Gasteiger partial charge in [-0.25, -0.2) is 4.39 Å². The zero-order valence-electron chi connectivity index (χ0n) is 15.4. The number of carbonyl (C=O) groups is 1. The largest absolute Gasteiger partial charge is 0.381 e. The topological polar surface area (TPSA) is 35.6 Å². The van der Waals surface area contributed by atoms with Crippen LogP contribution in [0.4, 0.5) is 10.1 Å². The molecule has 0 unspecified atom stereocenters. The van der Waals surface area contributed by atoms with Crippen LogP contribution in [0, 0.1) is 11.7 Å². The van der Waals surface area contributed by atoms with E-state index in [0.717, 1.165) is 57.5 Å². The van der Waals surface area contributed by atoms with Crippen molar-refractivity contribution in [1.82, 2.24) is 9.80 Å². The number of nitrogens with one attached hydrogen (secondary N) is 1. The van der Waals surface area contributed by atoms with Gasteiger partial charge in [0.05, 0.1) is 0 Å². The Labute approximate surface area is 150 Å². The van der Waals surface area contributed by atoms with Crippen molar-refractivity contribution in [3.63, 3.8) is 0 Å². The Morgan fingerprint density at radius 3 is 2.44 bits per heavy atom. The lowest BCUT2D eigenvalue weighted by Crippen LogP contribution is -2.49. The summed E-state index contributed by atoms with van der Waals surface area (Å²) in [6, 6.07) is 7.28. The maximum atomic E-state index is 13.0. The number of nitrogens with zero attached hydrogens (tertiary/aromatic N) is 2. The predicted octanol–water partition coefficient (Wildman–Crippen LogP) is 3.35. The van der Waals surface area contributed by atoms with Gasteiger partial charge in [0.25, 0.3) is 0 Å². The fourth-order valence-electron chi connectivity index (χ4n) is 4.00. The number of anilines is 1. The average Bonchev–Trinajstić information content (AvgIpc) is 2.63. The molecule has 1 N–H and O–H groups in total. The molecule has 1 aromatic rings. The summed E-state index contributed by atoms with van der Waals surface area (Å²) in [5, 5.41) is 3.45. The number of rotatable bonds is 4. The lowest BCUT2D eigenvalue weighted by Gasteiger charge is -2.39. The van der Waals surface area contributed by atoms with Gasteiger partial charge in [-0.2, -0.15) is 0 Å². The predicted molar refractivity (Wildman–Crippen MR) is 99.1 cm³/mol. The summed E-state index contributed by atoms with van der Waals surface area (Å²) in [5.41, 5.74) is 0.922. The van der Waals surface area contributed by atoms with Gasteiger partial charge < -0.3 is 15.1 Å². The molecule has 2 heterocycles. The van der Waals surface area contributed by atoms with E-state index in [1.807, 2.05) is 4.90 Å². The van der Waals surface area contributed by atoms with Gasteiger partial charge in [-0.15, -0.1) is 0 Å². The highest BCUT2D eigenvalue weighted by Crippen LogP contribution is 2.24. The summed E-state index contributed by atoms with van der Waals surface area (Å²) in [4.78, 5) is 17.4. The average molecular weight is 347 g/mol. The molecule has 0 bridgehead atoms. The number of hydrogen-bond acceptors (Lipinski definition) is 3. The van der Waals surface area contributed by atoms with Crippen LogP contribution in [-0.4, -0.2) is 54.0 Å². The van der Waals surface area contributed by atoms with E-state index in [4.69, 9.17) is 0 Å². The van der Waals surface area contributed by atoms with E-state index in [1.165, 1.54) is 12.1 Å². The van der Waals surface area contributed by atoms with E-state index >= 15 is 0 Å². The van der Waals surface area contributed by atoms with Crippen LogP contribution in [0.3, 0.4) is 0 Å². The van der Waals surface area contributed by atoms with Gasteiger partial charge in [0.2, 0.25) is 5.91 Å². The molecule has 138 valence electrons. The van der Waals surface area contributed by atoms with Crippen molar-refractivity contribution in [2.24, 2.45) is 5.92 Å². The third kappa shape index (κ3) is 4.72. The van der Waals surface area contributed by atoms with Crippen LogP contribution in [-0.2, 0) is 4.79 Å². The number of amides is 1. The van der Waals surface area contributed by atoms with Crippen molar-refractivity contribution in [3.05, 3.63) is 30.1 Å². The van der Waals surface area contributed by atoms with Crippen molar-refractivity contribution < 1.29 is 9.18 Å². The SMILES string of the molecule is CC(C)N1CCC(C(=O)N2CCC[C@H](Nc3ccc(F)cc3)C2)CC1. The van der Waals surface area contributed by atoms with Crippen molar-refractivity contribution in [1.29, 1.82) is 0 Å². The van der Waals surface area contributed by atoms with Gasteiger partial charge >= 0.3 is 0 Å². The van der Waals surface area contributed by atoms with Crippen LogP contribution in [0.2, 0.25) is 0 Å². The zero-order valence-corrected chi connectivity index (χ0v) is 15.4. The highest BCUT2D eigenvalue weighted by molar-refractivity contribution is 5.79. The van der Waals surface area contributed by atoms with Crippen LogP contribution < -0.4 is 5.32 Å². The summed E-state index contributed by atoms with van der Waals surface area (Å²) >= 11 is 0. The van der Waals surface area contributed by atoms with Crippen molar-refractivity contribution in [2.75, 3.05) is 31.5 Å². The fourth-order valence-corrected chi connectivity index (χ4v) is 4.00. The first-order chi connectivity index (χ1) is 12.0. The number of hydrogen-bond donors (Lipinski definition) is 1. The van der Waals surface area contributed by atoms with Gasteiger partial charge in [-0.3, -0.25) is 4.79 Å². The summed E-state index contributed by atoms with van der Waals surface area (Å²) < 4.78 is 13.0. The van der Waals surface area contributed by atoms with E-state index < -0.39 is 0 Å². The monoisotopic (exact) mass is 347 g/mol. The molecule has 2 aliphatic rings. The molecule has 1 amide bonds. The summed E-state index contributed by atoms with van der Waals surface area (Å²) in [6.45, 7) is 8.11. The van der Waals surface area contributed by atoms with Crippen molar-refractivity contribution >= 4 is 11.6 Å². The summed E-state index contributed by atoms with van der Waals surface area (Å²) in [7, 11) is 0. The molecular formula is C20H30FN3O. The second-order valence-corrected chi connectivity index (χ2v) is 7.68. The van der Waals surface area contributed by atoms with Crippen LogP contribution >= 0.6 is 0 Å². The number of carbonyl (C=O) groups excluding carboxylic acids is 1. The van der Waals surface area contributed by atoms with Gasteiger partial charge in [-0.05, 0) is 76.9 Å². The highest BCUT2D eigenvalue weighted by Gasteiger charge is 2.31. The number of likely N-dealkylation sites (tertiary alicyclic amines) is 2. The normalized spacial score (nSPS) is 23.0. The van der Waals surface area contributed by atoms with E-state index in [0.29, 0.717) is 11.9 Å². The summed E-state index contributed by atoms with van der Waals surface area (Å²) in [5.74, 6) is 0.285. The Kier molecular flexibility index (Phi) is 5.94. The quantitative estimate of drug-likeness (QED) is 0.907. The van der Waals surface area contributed by atoms with Crippen LogP contribution in [0.1, 0.15) is 39.5 Å². The van der Waals surface area contributed by atoms with Gasteiger partial charge in [-0.1, -0.05) is 0 Å². The van der Waals surface area contributed by atoms with Crippen LogP contribution in [0.25, 0.3) is 0 Å². The Balaban J connectivity index is 1.52. The van der Waals surface area contributed by atoms with Crippen molar-refractivity contribution in [3.8, 4) is 0 Å². The molecule has 0 spiro atoms. The van der Waals surface area contributed by atoms with E-state index in [9.17, 15) is 9.18 Å². The second-order valence-electron chi connectivity index (χ2n) is 7.68. The first kappa shape index (κ1) is 18.2. The minimum Gasteiger partial charge on any atom is -0.381 e. The molecule has 2 fully saturated rings. The molecule has 25 heavy (non-hydrogen) atoms. The first-order valence-corrected chi connectivity index (χ1v) is 9.58. The maximum Gasteiger partial charge on any atom is 0.225 e. The lowest BCUT2D eigenvalue weighted by atomic mass is 9.93. The summed E-state index contributed by atoms with van der Waals surface area (Å²) in [6.07, 6.45) is 4.02. The number of benzene rings is 1. The maximum absolute atomic E-state index is 13.0. The molecule has 0 aliphatic carbocycles. The Morgan fingerprint density at radius 2 is 1.80 bits per heavy atom. The standard InChI is InChI=1S/C20H30FN3O/c1-15(2)23-12-9-16(10-13-23)20(25)24-11-3-4-19(14-24)22-18-7-5-17(21)6-8-18/h5-8,15-16,19,22H,3-4,9-14H2,1-2H3/t19-/m0/s1. The van der Waals surface area contributed by atoms with Crippen molar-refractivity contribution in [2.45, 2.75) is 51.6 Å². The molecule has 0 radical (unpaired) electrons. The fraction of sp³-hybridized carbons (Fsp3) is 0.650. The second kappa shape index (κ2) is 8.17. The molecule has 2 aliphatic heterocycles. The van der Waals surface area contributed by atoms with E-state index in [1.54, 1.807) is 12.1 Å². The van der Waals surface area contributed by atoms with Gasteiger partial charge in [0.1, 0.15) is 5.82 Å². The molecule has 1 aromatic carbocycles. The first-order valence-electron chi connectivity index (χ1n) is 9.58. The number of piperidine rings is 2. The molecule has 0 saturated carbocycles. The third-order valence-corrected chi connectivity index (χ3v) is 5.56. The molecule has 4 nitrogen and oxygen atoms in total. The van der Waals surface area contributed by atoms with Gasteiger partial charge in [0, 0.05) is 36.8 Å².